The van der Waals surface area contributed by atoms with E-state index in [1.807, 2.05) is 0 Å². The van der Waals surface area contributed by atoms with Crippen LogP contribution in [0.4, 0.5) is 0 Å². The molecule has 1 atom stereocenters. The minimum Gasteiger partial charge on any atom is -0.326 e. The summed E-state index contributed by atoms with van der Waals surface area (Å²) in [7, 11) is 4.24. The minimum atomic E-state index is 0.328. The van der Waals surface area contributed by atoms with Crippen molar-refractivity contribution in [3.05, 3.63) is 0 Å². The summed E-state index contributed by atoms with van der Waals surface area (Å²) < 4.78 is 0. The molecule has 0 aromatic rings. The van der Waals surface area contributed by atoms with Gasteiger partial charge in [-0.1, -0.05) is 13.8 Å². The Morgan fingerprint density at radius 2 is 2.07 bits per heavy atom. The third kappa shape index (κ3) is 3.23. The number of hydrogen-bond donors (Lipinski definition) is 1. The molecule has 1 aliphatic rings. The summed E-state index contributed by atoms with van der Waals surface area (Å²) in [5.74, 6) is 0. The smallest absolute Gasteiger partial charge is 0.0220 e. The van der Waals surface area contributed by atoms with Crippen LogP contribution in [-0.2, 0) is 0 Å². The molecular weight excluding hydrogens is 174 g/mol. The maximum Gasteiger partial charge on any atom is 0.0220 e. The summed E-state index contributed by atoms with van der Waals surface area (Å²) in [4.78, 5) is 4.71. The van der Waals surface area contributed by atoms with Crippen LogP contribution in [0, 0.1) is 5.41 Å². The van der Waals surface area contributed by atoms with Crippen molar-refractivity contribution in [1.29, 1.82) is 0 Å². The SMILES string of the molecule is CN(C)CCN1CCC(C)(C)C(N)C1. The number of nitrogens with two attached hydrogens (primary N) is 1. The van der Waals surface area contributed by atoms with E-state index in [9.17, 15) is 0 Å². The van der Waals surface area contributed by atoms with E-state index in [1.54, 1.807) is 0 Å². The monoisotopic (exact) mass is 199 g/mol. The third-order valence-electron chi connectivity index (χ3n) is 3.39. The first-order valence-electron chi connectivity index (χ1n) is 5.54. The van der Waals surface area contributed by atoms with Crippen LogP contribution < -0.4 is 5.73 Å². The molecule has 3 nitrogen and oxygen atoms in total. The van der Waals surface area contributed by atoms with E-state index in [0.717, 1.165) is 19.6 Å². The fraction of sp³-hybridized carbons (Fsp3) is 1.00. The van der Waals surface area contributed by atoms with E-state index in [0.29, 0.717) is 11.5 Å². The van der Waals surface area contributed by atoms with Crippen molar-refractivity contribution in [3.8, 4) is 0 Å². The van der Waals surface area contributed by atoms with Crippen molar-refractivity contribution in [1.82, 2.24) is 9.80 Å². The largest absolute Gasteiger partial charge is 0.326 e. The molecule has 2 N–H and O–H groups in total. The number of rotatable bonds is 3. The molecule has 1 aliphatic heterocycles. The van der Waals surface area contributed by atoms with Crippen LogP contribution in [0.5, 0.6) is 0 Å². The Hall–Kier alpha value is -0.120. The third-order valence-corrected chi connectivity index (χ3v) is 3.39. The van der Waals surface area contributed by atoms with Gasteiger partial charge in [0.2, 0.25) is 0 Å². The van der Waals surface area contributed by atoms with Gasteiger partial charge in [-0.15, -0.1) is 0 Å². The maximum absolute atomic E-state index is 6.15. The van der Waals surface area contributed by atoms with E-state index >= 15 is 0 Å². The molecule has 1 rings (SSSR count). The lowest BCUT2D eigenvalue weighted by Gasteiger charge is -2.42. The van der Waals surface area contributed by atoms with Gasteiger partial charge in [-0.25, -0.2) is 0 Å². The van der Waals surface area contributed by atoms with Crippen LogP contribution in [0.15, 0.2) is 0 Å². The fourth-order valence-corrected chi connectivity index (χ4v) is 1.79. The van der Waals surface area contributed by atoms with E-state index in [-0.39, 0.29) is 0 Å². The topological polar surface area (TPSA) is 32.5 Å². The van der Waals surface area contributed by atoms with Gasteiger partial charge in [-0.05, 0) is 32.5 Å². The summed E-state index contributed by atoms with van der Waals surface area (Å²) in [5.41, 5.74) is 6.48. The molecule has 84 valence electrons. The van der Waals surface area contributed by atoms with Crippen molar-refractivity contribution < 1.29 is 0 Å². The van der Waals surface area contributed by atoms with Gasteiger partial charge < -0.3 is 15.5 Å². The second-order valence-corrected chi connectivity index (χ2v) is 5.45. The molecule has 14 heavy (non-hydrogen) atoms. The quantitative estimate of drug-likeness (QED) is 0.723. The van der Waals surface area contributed by atoms with Crippen LogP contribution in [-0.4, -0.2) is 56.1 Å². The van der Waals surface area contributed by atoms with Gasteiger partial charge in [0.1, 0.15) is 0 Å². The van der Waals surface area contributed by atoms with Gasteiger partial charge >= 0.3 is 0 Å². The number of likely N-dealkylation sites (N-methyl/N-ethyl adjacent to an activating group) is 1. The predicted molar refractivity (Wildman–Crippen MR) is 61.4 cm³/mol. The van der Waals surface area contributed by atoms with Crippen molar-refractivity contribution in [2.75, 3.05) is 40.3 Å². The number of nitrogens with zero attached hydrogens (tertiary/aromatic N) is 2. The molecule has 0 spiro atoms. The van der Waals surface area contributed by atoms with Gasteiger partial charge in [0.25, 0.3) is 0 Å². The predicted octanol–water partition coefficient (Wildman–Crippen LogP) is 0.607. The molecule has 1 saturated heterocycles. The molecule has 0 aromatic carbocycles. The Bertz CT molecular complexity index is 175. The van der Waals surface area contributed by atoms with Crippen LogP contribution in [0.25, 0.3) is 0 Å². The molecule has 3 heteroatoms. The molecule has 1 fully saturated rings. The average Bonchev–Trinajstić information content (AvgIpc) is 2.07. The molecule has 0 radical (unpaired) electrons. The number of likely N-dealkylation sites (tertiary alicyclic amines) is 1. The number of hydrogen-bond acceptors (Lipinski definition) is 3. The van der Waals surface area contributed by atoms with Crippen molar-refractivity contribution >= 4 is 0 Å². The normalized spacial score (nSPS) is 28.3. The van der Waals surface area contributed by atoms with Crippen LogP contribution in [0.3, 0.4) is 0 Å². The van der Waals surface area contributed by atoms with Gasteiger partial charge in [0.15, 0.2) is 0 Å². The zero-order valence-corrected chi connectivity index (χ0v) is 10.1. The molecule has 0 amide bonds. The van der Waals surface area contributed by atoms with Crippen LogP contribution in [0.2, 0.25) is 0 Å². The lowest BCUT2D eigenvalue weighted by atomic mass is 9.79. The zero-order chi connectivity index (χ0) is 10.8. The highest BCUT2D eigenvalue weighted by atomic mass is 15.2. The van der Waals surface area contributed by atoms with Crippen molar-refractivity contribution in [2.45, 2.75) is 26.3 Å². The molecule has 1 heterocycles. The Morgan fingerprint density at radius 1 is 1.43 bits per heavy atom. The van der Waals surface area contributed by atoms with Gasteiger partial charge in [-0.2, -0.15) is 0 Å². The molecular formula is C11H25N3. The first-order valence-corrected chi connectivity index (χ1v) is 5.54. The summed E-state index contributed by atoms with van der Waals surface area (Å²) in [5, 5.41) is 0. The molecule has 0 saturated carbocycles. The van der Waals surface area contributed by atoms with Gasteiger partial charge in [0.05, 0.1) is 0 Å². The first kappa shape index (κ1) is 12.0. The first-order chi connectivity index (χ1) is 6.42. The Labute approximate surface area is 88.2 Å². The molecule has 0 aromatic heterocycles. The van der Waals surface area contributed by atoms with Crippen LogP contribution in [0.1, 0.15) is 20.3 Å². The summed E-state index contributed by atoms with van der Waals surface area (Å²) >= 11 is 0. The van der Waals surface area contributed by atoms with E-state index in [2.05, 4.69) is 37.7 Å². The molecule has 0 bridgehead atoms. The van der Waals surface area contributed by atoms with Crippen molar-refractivity contribution in [2.24, 2.45) is 11.1 Å². The number of piperidine rings is 1. The van der Waals surface area contributed by atoms with E-state index in [4.69, 9.17) is 5.73 Å². The van der Waals surface area contributed by atoms with Gasteiger partial charge in [0, 0.05) is 25.7 Å². The molecule has 1 unspecified atom stereocenters. The Kier molecular flexibility index (Phi) is 3.93. The van der Waals surface area contributed by atoms with Crippen molar-refractivity contribution in [3.63, 3.8) is 0 Å². The lowest BCUT2D eigenvalue weighted by Crippen LogP contribution is -2.53. The summed E-state index contributed by atoms with van der Waals surface area (Å²) in [6.45, 7) is 9.10. The fourth-order valence-electron chi connectivity index (χ4n) is 1.79. The highest BCUT2D eigenvalue weighted by Gasteiger charge is 2.32. The summed E-state index contributed by atoms with van der Waals surface area (Å²) in [6, 6.07) is 0.332. The lowest BCUT2D eigenvalue weighted by molar-refractivity contribution is 0.100. The van der Waals surface area contributed by atoms with Crippen LogP contribution >= 0.6 is 0 Å². The van der Waals surface area contributed by atoms with Gasteiger partial charge in [-0.3, -0.25) is 0 Å². The average molecular weight is 199 g/mol. The highest BCUT2D eigenvalue weighted by Crippen LogP contribution is 2.28. The minimum absolute atomic E-state index is 0.328. The zero-order valence-electron chi connectivity index (χ0n) is 10.1. The summed E-state index contributed by atoms with van der Waals surface area (Å²) in [6.07, 6.45) is 1.22. The second kappa shape index (κ2) is 4.60. The standard InChI is InChI=1S/C11H25N3/c1-11(2)5-6-14(9-10(11)12)8-7-13(3)4/h10H,5-9,12H2,1-4H3. The second-order valence-electron chi connectivity index (χ2n) is 5.45. The Balaban J connectivity index is 2.32. The molecule has 0 aliphatic carbocycles. The highest BCUT2D eigenvalue weighted by molar-refractivity contribution is 4.89. The van der Waals surface area contributed by atoms with E-state index in [1.165, 1.54) is 13.0 Å². The Morgan fingerprint density at radius 3 is 2.57 bits per heavy atom. The van der Waals surface area contributed by atoms with E-state index < -0.39 is 0 Å². The maximum atomic E-state index is 6.15.